The van der Waals surface area contributed by atoms with E-state index in [1.165, 1.54) is 0 Å². The first kappa shape index (κ1) is 24.5. The molecule has 0 bridgehead atoms. The molecule has 34 heavy (non-hydrogen) atoms. The van der Waals surface area contributed by atoms with Crippen LogP contribution in [0.25, 0.3) is 0 Å². The molecule has 2 aromatic carbocycles. The van der Waals surface area contributed by atoms with E-state index in [0.717, 1.165) is 11.4 Å². The first-order valence-electron chi connectivity index (χ1n) is 11.7. The van der Waals surface area contributed by atoms with Gasteiger partial charge in [-0.15, -0.1) is 0 Å². The quantitative estimate of drug-likeness (QED) is 0.549. The number of hydrogen-bond donors (Lipinski definition) is 3. The van der Waals surface area contributed by atoms with Crippen LogP contribution in [-0.4, -0.2) is 58.2 Å². The SMILES string of the molecule is C[C@H](C[C@@H](C(=O)O)[C@H]1CN(C2=Nc3cc(Cl)ccc3Oc3ccccc32)CCN1)CC(C)(C)O. The number of carboxylic acids is 1. The number of piperazine rings is 1. The van der Waals surface area contributed by atoms with Crippen LogP contribution >= 0.6 is 11.6 Å². The molecule has 1 fully saturated rings. The highest BCUT2D eigenvalue weighted by Gasteiger charge is 2.35. The Labute approximate surface area is 205 Å². The Hall–Kier alpha value is -2.61. The fourth-order valence-electron chi connectivity index (χ4n) is 4.99. The van der Waals surface area contributed by atoms with Gasteiger partial charge in [0, 0.05) is 30.7 Å². The Morgan fingerprint density at radius 2 is 2.06 bits per heavy atom. The number of fused-ring (bicyclic) bond motifs is 2. The number of para-hydroxylation sites is 1. The summed E-state index contributed by atoms with van der Waals surface area (Å²) in [4.78, 5) is 19.3. The van der Waals surface area contributed by atoms with Gasteiger partial charge in [0.2, 0.25) is 0 Å². The van der Waals surface area contributed by atoms with Crippen molar-refractivity contribution in [3.05, 3.63) is 53.1 Å². The summed E-state index contributed by atoms with van der Waals surface area (Å²) in [5.41, 5.74) is 0.669. The van der Waals surface area contributed by atoms with Crippen molar-refractivity contribution < 1.29 is 19.7 Å². The van der Waals surface area contributed by atoms with Gasteiger partial charge in [0.15, 0.2) is 5.75 Å². The first-order chi connectivity index (χ1) is 16.1. The Kier molecular flexibility index (Phi) is 7.17. The number of carboxylic acid groups (broad SMARTS) is 1. The molecule has 0 unspecified atom stereocenters. The van der Waals surface area contributed by atoms with Crippen LogP contribution < -0.4 is 10.1 Å². The van der Waals surface area contributed by atoms with Crippen LogP contribution in [0.2, 0.25) is 5.02 Å². The number of aliphatic imine (C=N–C) groups is 1. The van der Waals surface area contributed by atoms with Crippen LogP contribution in [0, 0.1) is 11.8 Å². The predicted molar refractivity (Wildman–Crippen MR) is 133 cm³/mol. The van der Waals surface area contributed by atoms with Gasteiger partial charge in [-0.25, -0.2) is 4.99 Å². The fourth-order valence-corrected chi connectivity index (χ4v) is 5.15. The third-order valence-electron chi connectivity index (χ3n) is 6.31. The average molecular weight is 486 g/mol. The molecule has 0 radical (unpaired) electrons. The molecule has 2 aliphatic rings. The van der Waals surface area contributed by atoms with E-state index in [2.05, 4.69) is 10.2 Å². The maximum atomic E-state index is 12.3. The topological polar surface area (TPSA) is 94.4 Å². The van der Waals surface area contributed by atoms with E-state index in [1.807, 2.05) is 37.3 Å². The van der Waals surface area contributed by atoms with Gasteiger partial charge in [0.1, 0.15) is 17.3 Å². The van der Waals surface area contributed by atoms with Gasteiger partial charge in [-0.2, -0.15) is 0 Å². The van der Waals surface area contributed by atoms with Gasteiger partial charge >= 0.3 is 5.97 Å². The molecule has 7 nitrogen and oxygen atoms in total. The molecule has 182 valence electrons. The Morgan fingerprint density at radius 1 is 1.29 bits per heavy atom. The van der Waals surface area contributed by atoms with E-state index >= 15 is 0 Å². The summed E-state index contributed by atoms with van der Waals surface area (Å²) in [5.74, 6) is 0.729. The minimum absolute atomic E-state index is 0.0663. The molecule has 0 saturated carbocycles. The molecule has 3 atom stereocenters. The van der Waals surface area contributed by atoms with Crippen LogP contribution in [0.1, 0.15) is 39.2 Å². The lowest BCUT2D eigenvalue weighted by molar-refractivity contribution is -0.144. The number of halogens is 1. The summed E-state index contributed by atoms with van der Waals surface area (Å²) in [5, 5.41) is 24.2. The molecule has 2 heterocycles. The smallest absolute Gasteiger partial charge is 0.308 e. The average Bonchev–Trinajstić information content (AvgIpc) is 2.92. The van der Waals surface area contributed by atoms with Gasteiger partial charge in [-0.3, -0.25) is 4.79 Å². The van der Waals surface area contributed by atoms with Crippen LogP contribution in [0.4, 0.5) is 5.69 Å². The van der Waals surface area contributed by atoms with Crippen molar-refractivity contribution in [2.45, 2.75) is 45.3 Å². The zero-order valence-corrected chi connectivity index (χ0v) is 20.5. The lowest BCUT2D eigenvalue weighted by Crippen LogP contribution is -2.57. The largest absolute Gasteiger partial charge is 0.481 e. The third-order valence-corrected chi connectivity index (χ3v) is 6.54. The minimum atomic E-state index is -0.831. The molecule has 0 aliphatic carbocycles. The Morgan fingerprint density at radius 3 is 2.79 bits per heavy atom. The molecular weight excluding hydrogens is 454 g/mol. The van der Waals surface area contributed by atoms with Crippen molar-refractivity contribution in [1.82, 2.24) is 10.2 Å². The highest BCUT2D eigenvalue weighted by molar-refractivity contribution is 6.31. The van der Waals surface area contributed by atoms with Gasteiger partial charge in [0.05, 0.1) is 17.1 Å². The lowest BCUT2D eigenvalue weighted by Gasteiger charge is -2.39. The van der Waals surface area contributed by atoms with Crippen molar-refractivity contribution in [3.63, 3.8) is 0 Å². The summed E-state index contributed by atoms with van der Waals surface area (Å²) < 4.78 is 6.16. The highest BCUT2D eigenvalue weighted by Crippen LogP contribution is 2.39. The monoisotopic (exact) mass is 485 g/mol. The van der Waals surface area contributed by atoms with Gasteiger partial charge in [-0.1, -0.05) is 30.7 Å². The number of carbonyl (C=O) groups is 1. The third kappa shape index (κ3) is 5.71. The second kappa shape index (κ2) is 9.94. The first-order valence-corrected chi connectivity index (χ1v) is 12.1. The van der Waals surface area contributed by atoms with E-state index in [1.54, 1.807) is 26.0 Å². The Bertz CT molecular complexity index is 1080. The second-order valence-corrected chi connectivity index (χ2v) is 10.4. The number of ether oxygens (including phenoxy) is 1. The molecule has 8 heteroatoms. The highest BCUT2D eigenvalue weighted by atomic mass is 35.5. The molecular formula is C26H32ClN3O4. The Balaban J connectivity index is 1.63. The van der Waals surface area contributed by atoms with Crippen LogP contribution in [0.3, 0.4) is 0 Å². The summed E-state index contributed by atoms with van der Waals surface area (Å²) in [6.07, 6.45) is 1.03. The molecule has 0 spiro atoms. The standard InChI is InChI=1S/C26H32ClN3O4/c1-16(14-26(2,3)33)12-19(25(31)32)21-15-30(11-10-28-21)24-18-6-4-5-7-22(18)34-23-9-8-17(27)13-20(23)29-24/h4-9,13,16,19,21,28,33H,10-12,14-15H2,1-3H3,(H,31,32)/t16-,19-,21-/m1/s1. The van der Waals surface area contributed by atoms with Crippen molar-refractivity contribution in [2.75, 3.05) is 19.6 Å². The van der Waals surface area contributed by atoms with Crippen LogP contribution in [0.5, 0.6) is 11.5 Å². The van der Waals surface area contributed by atoms with Crippen molar-refractivity contribution in [3.8, 4) is 11.5 Å². The number of hydrogen-bond acceptors (Lipinski definition) is 6. The maximum absolute atomic E-state index is 12.3. The molecule has 4 rings (SSSR count). The fraction of sp³-hybridized carbons (Fsp3) is 0.462. The summed E-state index contributed by atoms with van der Waals surface area (Å²) in [6, 6.07) is 12.9. The zero-order chi connectivity index (χ0) is 24.5. The van der Waals surface area contributed by atoms with Gasteiger partial charge in [0.25, 0.3) is 0 Å². The van der Waals surface area contributed by atoms with E-state index in [4.69, 9.17) is 21.3 Å². The van der Waals surface area contributed by atoms with E-state index in [-0.39, 0.29) is 12.0 Å². The van der Waals surface area contributed by atoms with Crippen molar-refractivity contribution in [2.24, 2.45) is 16.8 Å². The normalized spacial score (nSPS) is 19.7. The zero-order valence-electron chi connectivity index (χ0n) is 19.8. The summed E-state index contributed by atoms with van der Waals surface area (Å²) in [6.45, 7) is 7.33. The van der Waals surface area contributed by atoms with E-state index in [9.17, 15) is 15.0 Å². The molecule has 0 aromatic heterocycles. The van der Waals surface area contributed by atoms with Gasteiger partial charge in [-0.05, 0) is 62.9 Å². The summed E-state index contributed by atoms with van der Waals surface area (Å²) >= 11 is 6.24. The molecule has 1 saturated heterocycles. The van der Waals surface area contributed by atoms with Crippen molar-refractivity contribution in [1.29, 1.82) is 0 Å². The van der Waals surface area contributed by atoms with Crippen LogP contribution in [-0.2, 0) is 4.79 Å². The number of rotatable bonds is 6. The predicted octanol–water partition coefficient (Wildman–Crippen LogP) is 4.69. The van der Waals surface area contributed by atoms with Crippen molar-refractivity contribution >= 4 is 29.1 Å². The number of benzene rings is 2. The number of nitrogens with zero attached hydrogens (tertiary/aromatic N) is 2. The van der Waals surface area contributed by atoms with Gasteiger partial charge < -0.3 is 25.2 Å². The molecule has 0 amide bonds. The van der Waals surface area contributed by atoms with Crippen LogP contribution in [0.15, 0.2) is 47.5 Å². The van der Waals surface area contributed by atoms with E-state index in [0.29, 0.717) is 54.7 Å². The number of aliphatic hydroxyl groups is 1. The second-order valence-electron chi connectivity index (χ2n) is 9.95. The molecule has 2 aromatic rings. The number of nitrogens with one attached hydrogen (secondary N) is 1. The number of aliphatic carboxylic acids is 1. The summed E-state index contributed by atoms with van der Waals surface area (Å²) in [7, 11) is 0. The number of amidine groups is 1. The van der Waals surface area contributed by atoms with E-state index < -0.39 is 17.5 Å². The molecule has 3 N–H and O–H groups in total. The maximum Gasteiger partial charge on any atom is 0.308 e. The molecule has 2 aliphatic heterocycles. The lowest BCUT2D eigenvalue weighted by atomic mass is 9.83. The minimum Gasteiger partial charge on any atom is -0.481 e.